The van der Waals surface area contributed by atoms with Gasteiger partial charge >= 0.3 is 0 Å². The van der Waals surface area contributed by atoms with E-state index in [-0.39, 0.29) is 16.8 Å². The molecule has 0 bridgehead atoms. The van der Waals surface area contributed by atoms with Crippen molar-refractivity contribution in [1.82, 2.24) is 4.31 Å². The summed E-state index contributed by atoms with van der Waals surface area (Å²) in [6.07, 6.45) is 0. The highest BCUT2D eigenvalue weighted by atomic mass is 32.2. The van der Waals surface area contributed by atoms with Gasteiger partial charge in [0, 0.05) is 24.3 Å². The normalized spacial score (nSPS) is 11.7. The number of nitrogens with zero attached hydrogens (tertiary/aromatic N) is 1. The van der Waals surface area contributed by atoms with E-state index in [1.807, 2.05) is 18.2 Å². The van der Waals surface area contributed by atoms with E-state index in [0.717, 1.165) is 0 Å². The number of anilines is 1. The molecule has 1 N–H and O–H groups in total. The lowest BCUT2D eigenvalue weighted by Crippen LogP contribution is -2.33. The maximum atomic E-state index is 12.4. The summed E-state index contributed by atoms with van der Waals surface area (Å²) in [6.45, 7) is 3.61. The molecule has 5 nitrogen and oxygen atoms in total. The molecule has 2 rings (SSSR count). The SMILES string of the molecule is CC(C)N(C)S(=O)(=O)c1ccc(C(=O)Nc2ccccc2)cc1. The highest BCUT2D eigenvalue weighted by Crippen LogP contribution is 2.18. The molecule has 2 aromatic rings. The molecule has 0 saturated carbocycles. The van der Waals surface area contributed by atoms with Crippen molar-refractivity contribution in [3.05, 3.63) is 60.2 Å². The first-order valence-electron chi connectivity index (χ1n) is 7.27. The fourth-order valence-corrected chi connectivity index (χ4v) is 3.31. The highest BCUT2D eigenvalue weighted by Gasteiger charge is 2.23. The van der Waals surface area contributed by atoms with E-state index in [1.54, 1.807) is 26.0 Å². The summed E-state index contributed by atoms with van der Waals surface area (Å²) in [5.74, 6) is -0.280. The number of rotatable bonds is 5. The van der Waals surface area contributed by atoms with Crippen LogP contribution in [0, 0.1) is 0 Å². The summed E-state index contributed by atoms with van der Waals surface area (Å²) in [5.41, 5.74) is 1.09. The maximum absolute atomic E-state index is 12.4. The summed E-state index contributed by atoms with van der Waals surface area (Å²) in [5, 5.41) is 2.76. The Morgan fingerprint density at radius 3 is 2.09 bits per heavy atom. The largest absolute Gasteiger partial charge is 0.322 e. The first-order chi connectivity index (χ1) is 10.8. The first kappa shape index (κ1) is 17.2. The number of sulfonamides is 1. The molecule has 0 atom stereocenters. The van der Waals surface area contributed by atoms with Crippen LogP contribution in [0.25, 0.3) is 0 Å². The van der Waals surface area contributed by atoms with Gasteiger partial charge in [0.05, 0.1) is 4.90 Å². The highest BCUT2D eigenvalue weighted by molar-refractivity contribution is 7.89. The van der Waals surface area contributed by atoms with Crippen LogP contribution < -0.4 is 5.32 Å². The Morgan fingerprint density at radius 1 is 1.00 bits per heavy atom. The molecule has 0 aliphatic rings. The summed E-state index contributed by atoms with van der Waals surface area (Å²) < 4.78 is 26.0. The Kier molecular flexibility index (Phi) is 5.18. The lowest BCUT2D eigenvalue weighted by molar-refractivity contribution is 0.102. The molecule has 1 amide bonds. The minimum absolute atomic E-state index is 0.138. The number of carbonyl (C=O) groups is 1. The van der Waals surface area contributed by atoms with Crippen molar-refractivity contribution >= 4 is 21.6 Å². The van der Waals surface area contributed by atoms with Crippen LogP contribution in [0.2, 0.25) is 0 Å². The van der Waals surface area contributed by atoms with Crippen molar-refractivity contribution in [2.24, 2.45) is 0 Å². The van der Waals surface area contributed by atoms with Gasteiger partial charge in [-0.15, -0.1) is 0 Å². The zero-order valence-corrected chi connectivity index (χ0v) is 14.2. The molecule has 0 aliphatic carbocycles. The van der Waals surface area contributed by atoms with Gasteiger partial charge in [0.25, 0.3) is 5.91 Å². The monoisotopic (exact) mass is 332 g/mol. The average molecular weight is 332 g/mol. The van der Waals surface area contributed by atoms with Crippen molar-refractivity contribution in [3.8, 4) is 0 Å². The van der Waals surface area contributed by atoms with E-state index < -0.39 is 10.0 Å². The van der Waals surface area contributed by atoms with Crippen LogP contribution >= 0.6 is 0 Å². The fraction of sp³-hybridized carbons (Fsp3) is 0.235. The van der Waals surface area contributed by atoms with Gasteiger partial charge in [-0.1, -0.05) is 18.2 Å². The quantitative estimate of drug-likeness (QED) is 0.915. The topological polar surface area (TPSA) is 66.5 Å². The zero-order chi connectivity index (χ0) is 17.0. The Morgan fingerprint density at radius 2 is 1.57 bits per heavy atom. The molecular formula is C17H20N2O3S. The Bertz CT molecular complexity index is 769. The minimum Gasteiger partial charge on any atom is -0.322 e. The van der Waals surface area contributed by atoms with Crippen molar-refractivity contribution in [2.75, 3.05) is 12.4 Å². The van der Waals surface area contributed by atoms with Gasteiger partial charge in [-0.2, -0.15) is 4.31 Å². The van der Waals surface area contributed by atoms with E-state index in [2.05, 4.69) is 5.32 Å². The van der Waals surface area contributed by atoms with Gasteiger partial charge in [0.2, 0.25) is 10.0 Å². The van der Waals surface area contributed by atoms with E-state index in [0.29, 0.717) is 11.3 Å². The molecule has 0 saturated heterocycles. The number of amides is 1. The molecule has 0 radical (unpaired) electrons. The predicted molar refractivity (Wildman–Crippen MR) is 90.9 cm³/mol. The van der Waals surface area contributed by atoms with Crippen LogP contribution in [0.1, 0.15) is 24.2 Å². The molecule has 0 aliphatic heterocycles. The van der Waals surface area contributed by atoms with Crippen molar-refractivity contribution in [3.63, 3.8) is 0 Å². The lowest BCUT2D eigenvalue weighted by atomic mass is 10.2. The Labute approximate surface area is 137 Å². The third kappa shape index (κ3) is 3.97. The first-order valence-corrected chi connectivity index (χ1v) is 8.71. The number of hydrogen-bond acceptors (Lipinski definition) is 3. The standard InChI is InChI=1S/C17H20N2O3S/c1-13(2)19(3)23(21,22)16-11-9-14(10-12-16)17(20)18-15-7-5-4-6-8-15/h4-13H,1-3H3,(H,18,20). The Balaban J connectivity index is 2.18. The second kappa shape index (κ2) is 6.93. The van der Waals surface area contributed by atoms with Crippen molar-refractivity contribution < 1.29 is 13.2 Å². The Hall–Kier alpha value is -2.18. The molecule has 6 heteroatoms. The van der Waals surface area contributed by atoms with Gasteiger partial charge in [-0.3, -0.25) is 4.79 Å². The van der Waals surface area contributed by atoms with Crippen molar-refractivity contribution in [2.45, 2.75) is 24.8 Å². The molecule has 0 fully saturated rings. The molecule has 2 aromatic carbocycles. The van der Waals surface area contributed by atoms with Gasteiger partial charge in [-0.25, -0.2) is 8.42 Å². The van der Waals surface area contributed by atoms with Crippen molar-refractivity contribution in [1.29, 1.82) is 0 Å². The molecule has 0 unspecified atom stereocenters. The zero-order valence-electron chi connectivity index (χ0n) is 13.4. The average Bonchev–Trinajstić information content (AvgIpc) is 2.55. The number of hydrogen-bond donors (Lipinski definition) is 1. The number of benzene rings is 2. The van der Waals surface area contributed by atoms with E-state index in [4.69, 9.17) is 0 Å². The third-order valence-corrected chi connectivity index (χ3v) is 5.60. The van der Waals surface area contributed by atoms with E-state index in [1.165, 1.54) is 35.6 Å². The summed E-state index contributed by atoms with van der Waals surface area (Å²) in [4.78, 5) is 12.3. The van der Waals surface area contributed by atoms with Crippen LogP contribution in [0.15, 0.2) is 59.5 Å². The van der Waals surface area contributed by atoms with Gasteiger partial charge in [0.15, 0.2) is 0 Å². The van der Waals surface area contributed by atoms with Crippen LogP contribution in [-0.4, -0.2) is 31.7 Å². The number of nitrogens with one attached hydrogen (secondary N) is 1. The summed E-state index contributed by atoms with van der Waals surface area (Å²) in [6, 6.07) is 14.9. The molecule has 0 aromatic heterocycles. The van der Waals surface area contributed by atoms with Crippen LogP contribution in [0.4, 0.5) is 5.69 Å². The number of para-hydroxylation sites is 1. The third-order valence-electron chi connectivity index (χ3n) is 3.55. The maximum Gasteiger partial charge on any atom is 0.255 e. The lowest BCUT2D eigenvalue weighted by Gasteiger charge is -2.21. The van der Waals surface area contributed by atoms with Crippen LogP contribution in [0.3, 0.4) is 0 Å². The molecular weight excluding hydrogens is 312 g/mol. The van der Waals surface area contributed by atoms with E-state index >= 15 is 0 Å². The second-order valence-corrected chi connectivity index (χ2v) is 7.46. The molecule has 0 spiro atoms. The van der Waals surface area contributed by atoms with Gasteiger partial charge in [0.1, 0.15) is 0 Å². The predicted octanol–water partition coefficient (Wildman–Crippen LogP) is 2.97. The van der Waals surface area contributed by atoms with Gasteiger partial charge in [-0.05, 0) is 50.2 Å². The van der Waals surface area contributed by atoms with E-state index in [9.17, 15) is 13.2 Å². The molecule has 122 valence electrons. The fourth-order valence-electron chi connectivity index (χ4n) is 1.95. The van der Waals surface area contributed by atoms with Crippen LogP contribution in [0.5, 0.6) is 0 Å². The molecule has 0 heterocycles. The van der Waals surface area contributed by atoms with Gasteiger partial charge < -0.3 is 5.32 Å². The summed E-state index contributed by atoms with van der Waals surface area (Å²) >= 11 is 0. The number of carbonyl (C=O) groups excluding carboxylic acids is 1. The minimum atomic E-state index is -3.54. The smallest absolute Gasteiger partial charge is 0.255 e. The second-order valence-electron chi connectivity index (χ2n) is 5.46. The summed E-state index contributed by atoms with van der Waals surface area (Å²) in [7, 11) is -2.00. The molecule has 23 heavy (non-hydrogen) atoms. The van der Waals surface area contributed by atoms with Crippen LogP contribution in [-0.2, 0) is 10.0 Å².